The first-order valence-electron chi connectivity index (χ1n) is 10.4. The summed E-state index contributed by atoms with van der Waals surface area (Å²) in [4.78, 5) is 43.3. The number of piperazine rings is 1. The minimum atomic E-state index is -0.529. The van der Waals surface area contributed by atoms with E-state index in [1.807, 2.05) is 21.9 Å². The molecule has 0 bridgehead atoms. The Morgan fingerprint density at radius 2 is 1.77 bits per heavy atom. The van der Waals surface area contributed by atoms with Gasteiger partial charge in [-0.3, -0.25) is 14.5 Å². The summed E-state index contributed by atoms with van der Waals surface area (Å²) in [5, 5.41) is 0.607. The van der Waals surface area contributed by atoms with Crippen molar-refractivity contribution in [3.8, 4) is 0 Å². The van der Waals surface area contributed by atoms with E-state index < -0.39 is 6.04 Å². The first-order valence-corrected chi connectivity index (χ1v) is 10.8. The van der Waals surface area contributed by atoms with Crippen molar-refractivity contribution in [3.63, 3.8) is 0 Å². The van der Waals surface area contributed by atoms with Gasteiger partial charge in [0.1, 0.15) is 6.04 Å². The fourth-order valence-corrected chi connectivity index (χ4v) is 4.39. The highest BCUT2D eigenvalue weighted by molar-refractivity contribution is 6.30. The number of esters is 1. The van der Waals surface area contributed by atoms with Crippen LogP contribution in [-0.4, -0.2) is 78.9 Å². The smallest absolute Gasteiger partial charge is 0.327 e. The number of methoxy groups -OCH3 is 1. The molecular formula is C22H30ClN3O4. The Morgan fingerprint density at radius 3 is 2.33 bits per heavy atom. The number of ether oxygens (including phenoxy) is 1. The first kappa shape index (κ1) is 22.6. The minimum Gasteiger partial charge on any atom is -0.468 e. The van der Waals surface area contributed by atoms with Gasteiger partial charge in [-0.2, -0.15) is 0 Å². The molecule has 2 unspecified atom stereocenters. The summed E-state index contributed by atoms with van der Waals surface area (Å²) >= 11 is 5.98. The van der Waals surface area contributed by atoms with Gasteiger partial charge in [0, 0.05) is 50.7 Å². The molecule has 8 heteroatoms. The van der Waals surface area contributed by atoms with Gasteiger partial charge in [0.15, 0.2) is 0 Å². The van der Waals surface area contributed by atoms with Crippen LogP contribution in [0.2, 0.25) is 5.02 Å². The van der Waals surface area contributed by atoms with Gasteiger partial charge in [-0.1, -0.05) is 37.6 Å². The van der Waals surface area contributed by atoms with Gasteiger partial charge in [0.2, 0.25) is 11.8 Å². The molecule has 0 radical (unpaired) electrons. The van der Waals surface area contributed by atoms with E-state index in [4.69, 9.17) is 16.3 Å². The predicted molar refractivity (Wildman–Crippen MR) is 114 cm³/mol. The molecule has 1 aromatic carbocycles. The molecule has 0 aromatic heterocycles. The molecule has 2 saturated heterocycles. The third kappa shape index (κ3) is 5.13. The van der Waals surface area contributed by atoms with Crippen molar-refractivity contribution in [2.24, 2.45) is 11.8 Å². The van der Waals surface area contributed by atoms with E-state index in [9.17, 15) is 14.4 Å². The summed E-state index contributed by atoms with van der Waals surface area (Å²) in [5.41, 5.74) is 0.816. The second-order valence-corrected chi connectivity index (χ2v) is 8.87. The Bertz CT molecular complexity index is 775. The molecule has 30 heavy (non-hydrogen) atoms. The highest BCUT2D eigenvalue weighted by Gasteiger charge is 2.38. The Hall–Kier alpha value is -2.12. The highest BCUT2D eigenvalue weighted by Crippen LogP contribution is 2.27. The minimum absolute atomic E-state index is 0.0374. The van der Waals surface area contributed by atoms with E-state index in [2.05, 4.69) is 13.8 Å². The van der Waals surface area contributed by atoms with Crippen molar-refractivity contribution in [1.29, 1.82) is 0 Å². The normalized spacial score (nSPS) is 21.2. The fourth-order valence-electron chi connectivity index (χ4n) is 4.27. The summed E-state index contributed by atoms with van der Waals surface area (Å²) in [7, 11) is 1.38. The molecule has 3 rings (SSSR count). The van der Waals surface area contributed by atoms with Crippen LogP contribution in [0.4, 0.5) is 0 Å². The number of benzene rings is 1. The maximum atomic E-state index is 13.0. The number of halogens is 1. The molecule has 164 valence electrons. The maximum Gasteiger partial charge on any atom is 0.327 e. The number of rotatable bonds is 6. The molecule has 2 heterocycles. The summed E-state index contributed by atoms with van der Waals surface area (Å²) in [6.45, 7) is 7.50. The molecule has 0 aliphatic carbocycles. The third-order valence-electron chi connectivity index (χ3n) is 5.75. The number of likely N-dealkylation sites (tertiary alicyclic amines) is 1. The van der Waals surface area contributed by atoms with Crippen molar-refractivity contribution in [2.75, 3.05) is 46.4 Å². The molecule has 2 atom stereocenters. The second-order valence-electron chi connectivity index (χ2n) is 8.43. The Labute approximate surface area is 182 Å². The molecule has 2 aliphatic rings. The Kier molecular flexibility index (Phi) is 7.36. The van der Waals surface area contributed by atoms with Crippen molar-refractivity contribution >= 4 is 29.4 Å². The Balaban J connectivity index is 1.61. The lowest BCUT2D eigenvalue weighted by molar-refractivity contribution is -0.149. The largest absolute Gasteiger partial charge is 0.468 e. The number of carbonyl (C=O) groups excluding carboxylic acids is 3. The van der Waals surface area contributed by atoms with Crippen LogP contribution >= 0.6 is 11.6 Å². The summed E-state index contributed by atoms with van der Waals surface area (Å²) in [5.74, 6) is -0.114. The second kappa shape index (κ2) is 9.79. The van der Waals surface area contributed by atoms with Crippen LogP contribution in [0.15, 0.2) is 24.3 Å². The first-order chi connectivity index (χ1) is 14.3. The molecular weight excluding hydrogens is 406 g/mol. The lowest BCUT2D eigenvalue weighted by Crippen LogP contribution is -2.52. The summed E-state index contributed by atoms with van der Waals surface area (Å²) in [6, 6.07) is 6.64. The summed E-state index contributed by atoms with van der Waals surface area (Å²) in [6.07, 6.45) is 0.293. The van der Waals surface area contributed by atoms with E-state index in [0.29, 0.717) is 56.6 Å². The van der Waals surface area contributed by atoms with Gasteiger partial charge in [-0.25, -0.2) is 4.79 Å². The molecule has 2 fully saturated rings. The average Bonchev–Trinajstić information content (AvgIpc) is 3.09. The van der Waals surface area contributed by atoms with Crippen LogP contribution in [0.3, 0.4) is 0 Å². The van der Waals surface area contributed by atoms with Crippen LogP contribution in [-0.2, 0) is 19.1 Å². The molecule has 7 nitrogen and oxygen atoms in total. The van der Waals surface area contributed by atoms with Crippen LogP contribution in [0.5, 0.6) is 0 Å². The lowest BCUT2D eigenvalue weighted by Gasteiger charge is -2.39. The monoisotopic (exact) mass is 435 g/mol. The molecule has 0 saturated carbocycles. The van der Waals surface area contributed by atoms with Crippen LogP contribution in [0, 0.1) is 11.8 Å². The van der Waals surface area contributed by atoms with E-state index in [1.165, 1.54) is 7.11 Å². The van der Waals surface area contributed by atoms with Gasteiger partial charge in [-0.05, 0) is 23.6 Å². The zero-order valence-corrected chi connectivity index (χ0v) is 18.6. The average molecular weight is 436 g/mol. The lowest BCUT2D eigenvalue weighted by atomic mass is 10.0. The number of nitrogens with zero attached hydrogens (tertiary/aromatic N) is 3. The highest BCUT2D eigenvalue weighted by atomic mass is 35.5. The number of hydrogen-bond donors (Lipinski definition) is 0. The molecule has 1 aromatic rings. The maximum absolute atomic E-state index is 13.0. The fraction of sp³-hybridized carbons (Fsp3) is 0.591. The van der Waals surface area contributed by atoms with Crippen molar-refractivity contribution < 1.29 is 19.1 Å². The molecule has 0 spiro atoms. The number of carbonyl (C=O) groups is 3. The molecule has 2 amide bonds. The zero-order valence-electron chi connectivity index (χ0n) is 17.8. The number of hydrogen-bond acceptors (Lipinski definition) is 5. The SMILES string of the molecule is COC(=O)C(c1ccc(Cl)cc1)N1CCN(C(=O)C2CC(=O)N(CC(C)C)C2)CC1. The van der Waals surface area contributed by atoms with Gasteiger partial charge >= 0.3 is 5.97 Å². The van der Waals surface area contributed by atoms with E-state index in [-0.39, 0.29) is 23.7 Å². The number of amides is 2. The molecule has 2 aliphatic heterocycles. The Morgan fingerprint density at radius 1 is 1.13 bits per heavy atom. The van der Waals surface area contributed by atoms with Gasteiger partial charge in [0.25, 0.3) is 0 Å². The zero-order chi connectivity index (χ0) is 21.8. The van der Waals surface area contributed by atoms with Crippen LogP contribution in [0.25, 0.3) is 0 Å². The predicted octanol–water partition coefficient (Wildman–Crippen LogP) is 2.20. The standard InChI is InChI=1S/C22H30ClN3O4/c1-15(2)13-26-14-17(12-19(26)27)21(28)25-10-8-24(9-11-25)20(22(29)30-3)16-4-6-18(23)7-5-16/h4-7,15,17,20H,8-14H2,1-3H3. The molecule has 0 N–H and O–H groups in total. The van der Waals surface area contributed by atoms with Crippen molar-refractivity contribution in [2.45, 2.75) is 26.3 Å². The van der Waals surface area contributed by atoms with Crippen LogP contribution < -0.4 is 0 Å². The third-order valence-corrected chi connectivity index (χ3v) is 6.00. The van der Waals surface area contributed by atoms with Gasteiger partial charge in [-0.15, -0.1) is 0 Å². The van der Waals surface area contributed by atoms with Gasteiger partial charge in [0.05, 0.1) is 13.0 Å². The summed E-state index contributed by atoms with van der Waals surface area (Å²) < 4.78 is 5.02. The van der Waals surface area contributed by atoms with E-state index >= 15 is 0 Å². The topological polar surface area (TPSA) is 70.2 Å². The van der Waals surface area contributed by atoms with Gasteiger partial charge < -0.3 is 14.5 Å². The van der Waals surface area contributed by atoms with Crippen LogP contribution in [0.1, 0.15) is 31.9 Å². The van der Waals surface area contributed by atoms with Crippen molar-refractivity contribution in [1.82, 2.24) is 14.7 Å². The van der Waals surface area contributed by atoms with E-state index in [0.717, 1.165) is 5.56 Å². The van der Waals surface area contributed by atoms with E-state index in [1.54, 1.807) is 17.0 Å². The quantitative estimate of drug-likeness (QED) is 0.641. The van der Waals surface area contributed by atoms with Crippen molar-refractivity contribution in [3.05, 3.63) is 34.9 Å².